The second-order valence-corrected chi connectivity index (χ2v) is 4.23. The zero-order chi connectivity index (χ0) is 13.2. The highest BCUT2D eigenvalue weighted by Gasteiger charge is 2.19. The molecular formula is C14H22O4. The van der Waals surface area contributed by atoms with Crippen LogP contribution in [0.15, 0.2) is 5.57 Å². The molecule has 4 nitrogen and oxygen atoms in total. The van der Waals surface area contributed by atoms with Crippen molar-refractivity contribution in [2.24, 2.45) is 0 Å². The zero-order valence-electron chi connectivity index (χ0n) is 10.3. The average molecular weight is 254 g/mol. The summed E-state index contributed by atoms with van der Waals surface area (Å²) < 4.78 is 0. The van der Waals surface area contributed by atoms with Crippen LogP contribution in [0.25, 0.3) is 6.08 Å². The Morgan fingerprint density at radius 1 is 1.00 bits per heavy atom. The third-order valence-electron chi connectivity index (χ3n) is 2.70. The van der Waals surface area contributed by atoms with Gasteiger partial charge in [-0.15, -0.1) is 0 Å². The minimum Gasteiger partial charge on any atom is -0.507 e. The van der Waals surface area contributed by atoms with Gasteiger partial charge in [0.15, 0.2) is 0 Å². The van der Waals surface area contributed by atoms with Gasteiger partial charge in [-0.3, -0.25) is 0 Å². The Labute approximate surface area is 108 Å². The van der Waals surface area contributed by atoms with E-state index in [9.17, 15) is 15.3 Å². The predicted octanol–water partition coefficient (Wildman–Crippen LogP) is 2.45. The summed E-state index contributed by atoms with van der Waals surface area (Å²) in [5.41, 5.74) is 2.27. The minimum absolute atomic E-state index is 0. The Hall–Kier alpha value is -1.52. The van der Waals surface area contributed by atoms with E-state index in [0.717, 1.165) is 5.57 Å². The third kappa shape index (κ3) is 2.83. The lowest BCUT2D eigenvalue weighted by Gasteiger charge is -2.16. The number of phenols is 2. The van der Waals surface area contributed by atoms with Crippen LogP contribution in [0.1, 0.15) is 43.5 Å². The SMILES string of the molecule is C.CC(C)=Cc1c(C)c(O)c(CO)c(CO)c1O. The maximum atomic E-state index is 10.0. The van der Waals surface area contributed by atoms with Gasteiger partial charge < -0.3 is 20.4 Å². The second-order valence-electron chi connectivity index (χ2n) is 4.23. The Balaban J connectivity index is 0.00000289. The van der Waals surface area contributed by atoms with Crippen LogP contribution >= 0.6 is 0 Å². The van der Waals surface area contributed by atoms with Crippen molar-refractivity contribution in [2.45, 2.75) is 41.4 Å². The average Bonchev–Trinajstić information content (AvgIpc) is 2.28. The standard InChI is InChI=1S/C13H18O4.CH4/c1-7(2)4-9-8(3)12(16)10(5-14)11(6-15)13(9)17;/h4,14-17H,5-6H2,1-3H3;1H4. The lowest BCUT2D eigenvalue weighted by molar-refractivity contribution is 0.250. The Morgan fingerprint density at radius 2 is 1.44 bits per heavy atom. The summed E-state index contributed by atoms with van der Waals surface area (Å²) in [7, 11) is 0. The number of aliphatic hydroxyl groups excluding tert-OH is 2. The van der Waals surface area contributed by atoms with Gasteiger partial charge in [0.05, 0.1) is 13.2 Å². The third-order valence-corrected chi connectivity index (χ3v) is 2.70. The van der Waals surface area contributed by atoms with Crippen LogP contribution < -0.4 is 0 Å². The molecule has 0 spiro atoms. The monoisotopic (exact) mass is 254 g/mol. The topological polar surface area (TPSA) is 80.9 Å². The zero-order valence-corrected chi connectivity index (χ0v) is 10.3. The van der Waals surface area contributed by atoms with E-state index >= 15 is 0 Å². The van der Waals surface area contributed by atoms with Crippen molar-refractivity contribution in [3.05, 3.63) is 27.8 Å². The summed E-state index contributed by atoms with van der Waals surface area (Å²) in [6.45, 7) is 4.54. The molecule has 102 valence electrons. The van der Waals surface area contributed by atoms with E-state index in [1.807, 2.05) is 13.8 Å². The van der Waals surface area contributed by atoms with Crippen molar-refractivity contribution in [1.29, 1.82) is 0 Å². The molecule has 4 heteroatoms. The molecule has 0 heterocycles. The normalized spacial score (nSPS) is 9.83. The Kier molecular flexibility index (Phi) is 5.88. The first-order valence-electron chi connectivity index (χ1n) is 5.36. The van der Waals surface area contributed by atoms with Gasteiger partial charge >= 0.3 is 0 Å². The molecule has 0 aromatic heterocycles. The van der Waals surface area contributed by atoms with E-state index in [-0.39, 0.29) is 30.1 Å². The molecule has 1 aromatic carbocycles. The lowest BCUT2D eigenvalue weighted by atomic mass is 9.95. The largest absolute Gasteiger partial charge is 0.507 e. The molecule has 18 heavy (non-hydrogen) atoms. The van der Waals surface area contributed by atoms with Gasteiger partial charge in [-0.1, -0.05) is 19.1 Å². The maximum Gasteiger partial charge on any atom is 0.129 e. The lowest BCUT2D eigenvalue weighted by Crippen LogP contribution is -2.00. The van der Waals surface area contributed by atoms with Crippen LogP contribution in [0.5, 0.6) is 11.5 Å². The van der Waals surface area contributed by atoms with E-state index < -0.39 is 13.2 Å². The number of benzene rings is 1. The molecule has 0 unspecified atom stereocenters. The molecule has 1 rings (SSSR count). The quantitative estimate of drug-likeness (QED) is 0.625. The molecule has 0 aliphatic heterocycles. The fourth-order valence-corrected chi connectivity index (χ4v) is 1.79. The van der Waals surface area contributed by atoms with Gasteiger partial charge in [0.1, 0.15) is 11.5 Å². The molecule has 0 fully saturated rings. The fraction of sp³-hybridized carbons (Fsp3) is 0.429. The van der Waals surface area contributed by atoms with Gasteiger partial charge in [-0.25, -0.2) is 0 Å². The highest BCUT2D eigenvalue weighted by Crippen LogP contribution is 2.38. The first-order chi connectivity index (χ1) is 7.93. The number of allylic oxidation sites excluding steroid dienone is 1. The van der Waals surface area contributed by atoms with E-state index in [4.69, 9.17) is 5.11 Å². The molecule has 0 radical (unpaired) electrons. The first-order valence-corrected chi connectivity index (χ1v) is 5.36. The molecule has 0 bridgehead atoms. The van der Waals surface area contributed by atoms with E-state index in [1.165, 1.54) is 0 Å². The van der Waals surface area contributed by atoms with Crippen molar-refractivity contribution >= 4 is 6.08 Å². The summed E-state index contributed by atoms with van der Waals surface area (Å²) in [6.07, 6.45) is 1.73. The van der Waals surface area contributed by atoms with Crippen LogP contribution in [0.3, 0.4) is 0 Å². The summed E-state index contributed by atoms with van der Waals surface area (Å²) in [6, 6.07) is 0. The van der Waals surface area contributed by atoms with Crippen LogP contribution in [0.2, 0.25) is 0 Å². The number of aliphatic hydroxyl groups is 2. The molecule has 0 atom stereocenters. The van der Waals surface area contributed by atoms with E-state index in [0.29, 0.717) is 11.1 Å². The van der Waals surface area contributed by atoms with Crippen molar-refractivity contribution < 1.29 is 20.4 Å². The highest BCUT2D eigenvalue weighted by atomic mass is 16.3. The molecule has 0 saturated carbocycles. The molecule has 4 N–H and O–H groups in total. The molecule has 1 aromatic rings. The fourth-order valence-electron chi connectivity index (χ4n) is 1.79. The molecule has 0 saturated heterocycles. The minimum atomic E-state index is -0.431. The number of hydrogen-bond donors (Lipinski definition) is 4. The van der Waals surface area contributed by atoms with Gasteiger partial charge in [0, 0.05) is 22.3 Å². The summed E-state index contributed by atoms with van der Waals surface area (Å²) in [5, 5.41) is 38.3. The van der Waals surface area contributed by atoms with Crippen molar-refractivity contribution in [3.8, 4) is 11.5 Å². The first kappa shape index (κ1) is 16.5. The Morgan fingerprint density at radius 3 is 1.83 bits per heavy atom. The van der Waals surface area contributed by atoms with Gasteiger partial charge in [0.2, 0.25) is 0 Å². The summed E-state index contributed by atoms with van der Waals surface area (Å²) in [5.74, 6) is -0.171. The van der Waals surface area contributed by atoms with Gasteiger partial charge in [0.25, 0.3) is 0 Å². The molecule has 0 aliphatic rings. The number of aromatic hydroxyl groups is 2. The van der Waals surface area contributed by atoms with Gasteiger partial charge in [-0.2, -0.15) is 0 Å². The van der Waals surface area contributed by atoms with Crippen LogP contribution in [-0.2, 0) is 13.2 Å². The second kappa shape index (κ2) is 6.42. The number of rotatable bonds is 3. The molecular weight excluding hydrogens is 232 g/mol. The van der Waals surface area contributed by atoms with Gasteiger partial charge in [-0.05, 0) is 20.8 Å². The Bertz CT molecular complexity index is 458. The van der Waals surface area contributed by atoms with E-state index in [1.54, 1.807) is 13.0 Å². The van der Waals surface area contributed by atoms with Crippen LogP contribution in [-0.4, -0.2) is 20.4 Å². The predicted molar refractivity (Wildman–Crippen MR) is 72.4 cm³/mol. The van der Waals surface area contributed by atoms with E-state index in [2.05, 4.69) is 0 Å². The van der Waals surface area contributed by atoms with Crippen molar-refractivity contribution in [2.75, 3.05) is 0 Å². The highest BCUT2D eigenvalue weighted by molar-refractivity contribution is 5.69. The molecule has 0 aliphatic carbocycles. The van der Waals surface area contributed by atoms with Crippen LogP contribution in [0.4, 0.5) is 0 Å². The maximum absolute atomic E-state index is 10.0. The molecule has 0 amide bonds. The summed E-state index contributed by atoms with van der Waals surface area (Å²) in [4.78, 5) is 0. The van der Waals surface area contributed by atoms with Crippen molar-refractivity contribution in [3.63, 3.8) is 0 Å². The summed E-state index contributed by atoms with van der Waals surface area (Å²) >= 11 is 0. The van der Waals surface area contributed by atoms with Crippen LogP contribution in [0, 0.1) is 6.92 Å². The van der Waals surface area contributed by atoms with Crippen molar-refractivity contribution in [1.82, 2.24) is 0 Å². The number of hydrogen-bond acceptors (Lipinski definition) is 4. The smallest absolute Gasteiger partial charge is 0.129 e.